The Hall–Kier alpha value is -3.33. The Balaban J connectivity index is 1.72. The third-order valence-corrected chi connectivity index (χ3v) is 5.10. The van der Waals surface area contributed by atoms with Crippen molar-refractivity contribution >= 4 is 27.3 Å². The van der Waals surface area contributed by atoms with Crippen LogP contribution in [0, 0.1) is 17.5 Å². The fourth-order valence-corrected chi connectivity index (χ4v) is 3.36. The molecule has 3 rings (SSSR count). The summed E-state index contributed by atoms with van der Waals surface area (Å²) in [6.07, 6.45) is 0. The number of sulfonamides is 1. The molecule has 5 nitrogen and oxygen atoms in total. The van der Waals surface area contributed by atoms with E-state index in [-0.39, 0.29) is 21.8 Å². The van der Waals surface area contributed by atoms with Crippen LogP contribution in [0.4, 0.5) is 24.5 Å². The van der Waals surface area contributed by atoms with E-state index in [0.29, 0.717) is 6.07 Å². The van der Waals surface area contributed by atoms with Gasteiger partial charge in [-0.15, -0.1) is 0 Å². The maximum atomic E-state index is 13.6. The molecule has 0 unspecified atom stereocenters. The summed E-state index contributed by atoms with van der Waals surface area (Å²) in [7, 11) is -3.92. The topological polar surface area (TPSA) is 75.3 Å². The van der Waals surface area contributed by atoms with E-state index in [2.05, 4.69) is 10.0 Å². The quantitative estimate of drug-likeness (QED) is 0.668. The molecule has 0 saturated carbocycles. The average molecular weight is 406 g/mol. The summed E-state index contributed by atoms with van der Waals surface area (Å²) in [4.78, 5) is 12.0. The maximum Gasteiger partial charge on any atom is 0.261 e. The maximum absolute atomic E-state index is 13.6. The van der Waals surface area contributed by atoms with E-state index < -0.39 is 33.4 Å². The Morgan fingerprint density at radius 2 is 1.39 bits per heavy atom. The summed E-state index contributed by atoms with van der Waals surface area (Å²) < 4.78 is 66.2. The Kier molecular flexibility index (Phi) is 5.36. The van der Waals surface area contributed by atoms with Gasteiger partial charge in [-0.2, -0.15) is 0 Å². The van der Waals surface area contributed by atoms with E-state index in [0.717, 1.165) is 36.4 Å². The van der Waals surface area contributed by atoms with Crippen LogP contribution >= 0.6 is 0 Å². The fourth-order valence-electron chi connectivity index (χ4n) is 2.30. The first-order valence-electron chi connectivity index (χ1n) is 7.89. The Morgan fingerprint density at radius 3 is 2.00 bits per heavy atom. The van der Waals surface area contributed by atoms with Crippen molar-refractivity contribution in [1.29, 1.82) is 0 Å². The van der Waals surface area contributed by atoms with E-state index in [1.54, 1.807) is 0 Å². The van der Waals surface area contributed by atoms with Crippen LogP contribution in [-0.4, -0.2) is 14.3 Å². The van der Waals surface area contributed by atoms with Gasteiger partial charge in [0.05, 0.1) is 10.6 Å². The van der Waals surface area contributed by atoms with E-state index in [4.69, 9.17) is 0 Å². The molecular formula is C19H13F3N2O3S. The second-order valence-corrected chi connectivity index (χ2v) is 7.40. The molecule has 0 spiro atoms. The summed E-state index contributed by atoms with van der Waals surface area (Å²) in [5.74, 6) is -2.91. The molecule has 2 N–H and O–H groups in total. The van der Waals surface area contributed by atoms with Crippen LogP contribution in [0.25, 0.3) is 0 Å². The number of hydrogen-bond acceptors (Lipinski definition) is 3. The third-order valence-electron chi connectivity index (χ3n) is 3.70. The molecule has 3 aromatic rings. The van der Waals surface area contributed by atoms with Gasteiger partial charge in [-0.05, 0) is 60.7 Å². The minimum Gasteiger partial charge on any atom is -0.319 e. The zero-order valence-corrected chi connectivity index (χ0v) is 14.9. The zero-order chi connectivity index (χ0) is 20.3. The van der Waals surface area contributed by atoms with Gasteiger partial charge in [-0.1, -0.05) is 0 Å². The summed E-state index contributed by atoms with van der Waals surface area (Å²) >= 11 is 0. The highest BCUT2D eigenvalue weighted by Gasteiger charge is 2.15. The van der Waals surface area contributed by atoms with Crippen molar-refractivity contribution in [3.63, 3.8) is 0 Å². The monoisotopic (exact) mass is 406 g/mol. The van der Waals surface area contributed by atoms with Crippen molar-refractivity contribution in [3.8, 4) is 0 Å². The number of hydrogen-bond donors (Lipinski definition) is 2. The van der Waals surface area contributed by atoms with Gasteiger partial charge >= 0.3 is 0 Å². The minimum atomic E-state index is -3.92. The first kappa shape index (κ1) is 19.4. The van der Waals surface area contributed by atoms with Crippen molar-refractivity contribution in [2.75, 3.05) is 10.0 Å². The number of benzene rings is 3. The Labute approximate surface area is 158 Å². The second kappa shape index (κ2) is 7.73. The zero-order valence-electron chi connectivity index (χ0n) is 14.1. The molecule has 0 aliphatic rings. The van der Waals surface area contributed by atoms with Crippen LogP contribution in [0.2, 0.25) is 0 Å². The molecular weight excluding hydrogens is 393 g/mol. The van der Waals surface area contributed by atoms with Crippen molar-refractivity contribution in [3.05, 3.63) is 89.7 Å². The number of halogens is 3. The smallest absolute Gasteiger partial charge is 0.261 e. The molecule has 0 heterocycles. The largest absolute Gasteiger partial charge is 0.319 e. The highest BCUT2D eigenvalue weighted by atomic mass is 32.2. The number of amides is 1. The normalized spacial score (nSPS) is 11.1. The number of carbonyl (C=O) groups excluding carboxylic acids is 1. The van der Waals surface area contributed by atoms with Gasteiger partial charge in [-0.25, -0.2) is 21.6 Å². The number of carbonyl (C=O) groups is 1. The molecule has 0 radical (unpaired) electrons. The molecule has 0 atom stereocenters. The standard InChI is InChI=1S/C19H13F3N2O3S/c20-13-3-8-16(9-4-13)28(26,27)24-15-6-1-12(2-7-15)19(25)23-18-10-5-14(21)11-17(18)22/h1-11,24H,(H,23,25). The predicted octanol–water partition coefficient (Wildman–Crippen LogP) is 4.16. The van der Waals surface area contributed by atoms with E-state index in [9.17, 15) is 26.4 Å². The molecule has 28 heavy (non-hydrogen) atoms. The highest BCUT2D eigenvalue weighted by Crippen LogP contribution is 2.19. The lowest BCUT2D eigenvalue weighted by Crippen LogP contribution is -2.14. The number of rotatable bonds is 5. The molecule has 0 aromatic heterocycles. The molecule has 0 aliphatic carbocycles. The van der Waals surface area contributed by atoms with E-state index >= 15 is 0 Å². The van der Waals surface area contributed by atoms with Gasteiger partial charge in [0.1, 0.15) is 17.5 Å². The lowest BCUT2D eigenvalue weighted by molar-refractivity contribution is 0.102. The van der Waals surface area contributed by atoms with Crippen LogP contribution in [0.1, 0.15) is 10.4 Å². The first-order chi connectivity index (χ1) is 13.2. The first-order valence-corrected chi connectivity index (χ1v) is 9.38. The summed E-state index contributed by atoms with van der Waals surface area (Å²) in [6, 6.07) is 12.4. The summed E-state index contributed by atoms with van der Waals surface area (Å²) in [6.45, 7) is 0. The number of anilines is 2. The second-order valence-electron chi connectivity index (χ2n) is 5.72. The van der Waals surface area contributed by atoms with Gasteiger partial charge in [0.15, 0.2) is 0 Å². The molecule has 3 aromatic carbocycles. The van der Waals surface area contributed by atoms with E-state index in [1.807, 2.05) is 0 Å². The van der Waals surface area contributed by atoms with Crippen molar-refractivity contribution in [1.82, 2.24) is 0 Å². The van der Waals surface area contributed by atoms with Crippen molar-refractivity contribution in [2.24, 2.45) is 0 Å². The van der Waals surface area contributed by atoms with E-state index in [1.165, 1.54) is 24.3 Å². The average Bonchev–Trinajstić information content (AvgIpc) is 2.64. The van der Waals surface area contributed by atoms with Gasteiger partial charge in [0.25, 0.3) is 15.9 Å². The summed E-state index contributed by atoms with van der Waals surface area (Å²) in [5.41, 5.74) is 0.120. The van der Waals surface area contributed by atoms with Gasteiger partial charge < -0.3 is 5.32 Å². The molecule has 0 aliphatic heterocycles. The molecule has 0 saturated heterocycles. The summed E-state index contributed by atoms with van der Waals surface area (Å²) in [5, 5.41) is 2.30. The van der Waals surface area contributed by atoms with Crippen LogP contribution in [-0.2, 0) is 10.0 Å². The highest BCUT2D eigenvalue weighted by molar-refractivity contribution is 7.92. The van der Waals surface area contributed by atoms with Gasteiger partial charge in [0, 0.05) is 17.3 Å². The lowest BCUT2D eigenvalue weighted by atomic mass is 10.2. The molecule has 1 amide bonds. The third kappa shape index (κ3) is 4.49. The van der Waals surface area contributed by atoms with Gasteiger partial charge in [-0.3, -0.25) is 9.52 Å². The molecule has 9 heteroatoms. The molecule has 144 valence electrons. The predicted molar refractivity (Wildman–Crippen MR) is 98.0 cm³/mol. The van der Waals surface area contributed by atoms with Crippen LogP contribution in [0.3, 0.4) is 0 Å². The Morgan fingerprint density at radius 1 is 0.786 bits per heavy atom. The minimum absolute atomic E-state index is 0.123. The number of nitrogens with one attached hydrogen (secondary N) is 2. The SMILES string of the molecule is O=C(Nc1ccc(F)cc1F)c1ccc(NS(=O)(=O)c2ccc(F)cc2)cc1. The molecule has 0 fully saturated rings. The van der Waals surface area contributed by atoms with Crippen LogP contribution in [0.5, 0.6) is 0 Å². The van der Waals surface area contributed by atoms with Gasteiger partial charge in [0.2, 0.25) is 0 Å². The Bertz CT molecular complexity index is 1120. The van der Waals surface area contributed by atoms with Crippen molar-refractivity contribution < 1.29 is 26.4 Å². The lowest BCUT2D eigenvalue weighted by Gasteiger charge is -2.10. The van der Waals surface area contributed by atoms with Crippen LogP contribution < -0.4 is 10.0 Å². The van der Waals surface area contributed by atoms with Crippen molar-refractivity contribution in [2.45, 2.75) is 4.90 Å². The fraction of sp³-hybridized carbons (Fsp3) is 0. The van der Waals surface area contributed by atoms with Crippen LogP contribution in [0.15, 0.2) is 71.6 Å². The molecule has 0 bridgehead atoms.